The van der Waals surface area contributed by atoms with Gasteiger partial charge in [0, 0.05) is 24.8 Å². The lowest BCUT2D eigenvalue weighted by molar-refractivity contribution is 0.0672. The molecule has 88 valence electrons. The van der Waals surface area contributed by atoms with Crippen LogP contribution in [0.3, 0.4) is 0 Å². The third-order valence-corrected chi connectivity index (χ3v) is 3.98. The molecule has 0 bridgehead atoms. The summed E-state index contributed by atoms with van der Waals surface area (Å²) in [6.45, 7) is 4.33. The number of hydrogen-bond acceptors (Lipinski definition) is 2. The second kappa shape index (κ2) is 5.31. The fraction of sp³-hybridized carbons (Fsp3) is 1.00. The fourth-order valence-corrected chi connectivity index (χ4v) is 2.99. The smallest absolute Gasteiger partial charge is 0.0480 e. The van der Waals surface area contributed by atoms with Crippen LogP contribution in [0.25, 0.3) is 0 Å². The molecule has 1 aliphatic carbocycles. The molecule has 1 saturated heterocycles. The van der Waals surface area contributed by atoms with E-state index in [1.54, 1.807) is 0 Å². The van der Waals surface area contributed by atoms with Crippen molar-refractivity contribution in [1.29, 1.82) is 0 Å². The van der Waals surface area contributed by atoms with Crippen molar-refractivity contribution in [2.45, 2.75) is 69.9 Å². The molecule has 0 amide bonds. The molecule has 0 aromatic heterocycles. The lowest BCUT2D eigenvalue weighted by Gasteiger charge is -2.36. The molecule has 0 spiro atoms. The summed E-state index contributed by atoms with van der Waals surface area (Å²) in [6.07, 6.45) is 10.8. The first-order valence-corrected chi connectivity index (χ1v) is 6.64. The van der Waals surface area contributed by atoms with Crippen molar-refractivity contribution in [3.63, 3.8) is 0 Å². The molecule has 2 heteroatoms. The maximum atomic E-state index is 5.41. The van der Waals surface area contributed by atoms with Crippen LogP contribution in [0, 0.1) is 0 Å². The molecule has 0 radical (unpaired) electrons. The van der Waals surface area contributed by atoms with Crippen LogP contribution in [0.5, 0.6) is 0 Å². The SMILES string of the molecule is CC1(NC2CCOCC2)CCCCCC1. The summed E-state index contributed by atoms with van der Waals surface area (Å²) in [7, 11) is 0. The standard InChI is InChI=1S/C13H25NO/c1-13(8-4-2-3-5-9-13)14-12-6-10-15-11-7-12/h12,14H,2-11H2,1H3. The normalized spacial score (nSPS) is 28.6. The number of rotatable bonds is 2. The Morgan fingerprint density at radius 2 is 1.60 bits per heavy atom. The van der Waals surface area contributed by atoms with Gasteiger partial charge in [0.2, 0.25) is 0 Å². The minimum absolute atomic E-state index is 0.415. The van der Waals surface area contributed by atoms with E-state index < -0.39 is 0 Å². The molecule has 0 aromatic carbocycles. The highest BCUT2D eigenvalue weighted by Crippen LogP contribution is 2.28. The molecule has 2 aliphatic rings. The second-order valence-corrected chi connectivity index (χ2v) is 5.51. The molecular weight excluding hydrogens is 186 g/mol. The van der Waals surface area contributed by atoms with E-state index >= 15 is 0 Å². The van der Waals surface area contributed by atoms with Gasteiger partial charge < -0.3 is 10.1 Å². The van der Waals surface area contributed by atoms with E-state index in [0.29, 0.717) is 11.6 Å². The highest BCUT2D eigenvalue weighted by atomic mass is 16.5. The van der Waals surface area contributed by atoms with Crippen molar-refractivity contribution in [1.82, 2.24) is 5.32 Å². The van der Waals surface area contributed by atoms with Crippen molar-refractivity contribution < 1.29 is 4.74 Å². The zero-order chi connectivity index (χ0) is 10.6. The molecule has 2 nitrogen and oxygen atoms in total. The Kier molecular flexibility index (Phi) is 4.04. The van der Waals surface area contributed by atoms with Crippen LogP contribution in [0.2, 0.25) is 0 Å². The first-order chi connectivity index (χ1) is 7.29. The molecule has 1 aliphatic heterocycles. The maximum Gasteiger partial charge on any atom is 0.0480 e. The lowest BCUT2D eigenvalue weighted by atomic mass is 9.90. The average Bonchev–Trinajstić information content (AvgIpc) is 2.45. The summed E-state index contributed by atoms with van der Waals surface area (Å²) in [5, 5.41) is 3.89. The van der Waals surface area contributed by atoms with Gasteiger partial charge in [-0.2, -0.15) is 0 Å². The van der Waals surface area contributed by atoms with Gasteiger partial charge in [-0.05, 0) is 32.6 Å². The topological polar surface area (TPSA) is 21.3 Å². The predicted molar refractivity (Wildman–Crippen MR) is 63.1 cm³/mol. The van der Waals surface area contributed by atoms with Gasteiger partial charge in [-0.1, -0.05) is 25.7 Å². The predicted octanol–water partition coefficient (Wildman–Crippen LogP) is 2.87. The molecule has 0 aromatic rings. The van der Waals surface area contributed by atoms with Gasteiger partial charge in [0.05, 0.1) is 0 Å². The van der Waals surface area contributed by atoms with Crippen LogP contribution in [-0.2, 0) is 4.74 Å². The Hall–Kier alpha value is -0.0800. The summed E-state index contributed by atoms with van der Waals surface area (Å²) >= 11 is 0. The zero-order valence-corrected chi connectivity index (χ0v) is 10.1. The van der Waals surface area contributed by atoms with Crippen LogP contribution >= 0.6 is 0 Å². The van der Waals surface area contributed by atoms with Crippen LogP contribution in [0.4, 0.5) is 0 Å². The molecule has 2 fully saturated rings. The second-order valence-electron chi connectivity index (χ2n) is 5.51. The Morgan fingerprint density at radius 3 is 2.20 bits per heavy atom. The van der Waals surface area contributed by atoms with Crippen molar-refractivity contribution in [3.8, 4) is 0 Å². The molecule has 0 unspecified atom stereocenters. The van der Waals surface area contributed by atoms with Crippen molar-refractivity contribution >= 4 is 0 Å². The molecule has 1 saturated carbocycles. The van der Waals surface area contributed by atoms with Gasteiger partial charge in [0.15, 0.2) is 0 Å². The van der Waals surface area contributed by atoms with Gasteiger partial charge >= 0.3 is 0 Å². The Labute approximate surface area is 93.8 Å². The van der Waals surface area contributed by atoms with E-state index in [9.17, 15) is 0 Å². The van der Waals surface area contributed by atoms with Crippen molar-refractivity contribution in [2.75, 3.05) is 13.2 Å². The van der Waals surface area contributed by atoms with E-state index in [-0.39, 0.29) is 0 Å². The highest BCUT2D eigenvalue weighted by molar-refractivity contribution is 4.88. The molecule has 2 rings (SSSR count). The van der Waals surface area contributed by atoms with Crippen LogP contribution in [-0.4, -0.2) is 24.8 Å². The number of hydrogen-bond donors (Lipinski definition) is 1. The lowest BCUT2D eigenvalue weighted by Crippen LogP contribution is -2.49. The average molecular weight is 211 g/mol. The quantitative estimate of drug-likeness (QED) is 0.709. The van der Waals surface area contributed by atoms with Gasteiger partial charge in [-0.15, -0.1) is 0 Å². The Bertz CT molecular complexity index is 179. The van der Waals surface area contributed by atoms with Gasteiger partial charge in [-0.25, -0.2) is 0 Å². The molecular formula is C13H25NO. The molecule has 15 heavy (non-hydrogen) atoms. The summed E-state index contributed by atoms with van der Waals surface area (Å²) in [6, 6.07) is 0.710. The van der Waals surface area contributed by atoms with E-state index in [1.807, 2.05) is 0 Å². The third-order valence-electron chi connectivity index (χ3n) is 3.98. The van der Waals surface area contributed by atoms with Crippen LogP contribution < -0.4 is 5.32 Å². The minimum atomic E-state index is 0.415. The van der Waals surface area contributed by atoms with Gasteiger partial charge in [0.1, 0.15) is 0 Å². The van der Waals surface area contributed by atoms with E-state index in [2.05, 4.69) is 12.2 Å². The monoisotopic (exact) mass is 211 g/mol. The summed E-state index contributed by atoms with van der Waals surface area (Å²) in [5.41, 5.74) is 0.415. The van der Waals surface area contributed by atoms with Crippen molar-refractivity contribution in [2.24, 2.45) is 0 Å². The Morgan fingerprint density at radius 1 is 1.00 bits per heavy atom. The third kappa shape index (κ3) is 3.46. The maximum absolute atomic E-state index is 5.41. The summed E-state index contributed by atoms with van der Waals surface area (Å²) in [4.78, 5) is 0. The summed E-state index contributed by atoms with van der Waals surface area (Å²) in [5.74, 6) is 0. The van der Waals surface area contributed by atoms with Crippen LogP contribution in [0.15, 0.2) is 0 Å². The molecule has 1 heterocycles. The largest absolute Gasteiger partial charge is 0.381 e. The highest BCUT2D eigenvalue weighted by Gasteiger charge is 2.28. The van der Waals surface area contributed by atoms with E-state index in [4.69, 9.17) is 4.74 Å². The zero-order valence-electron chi connectivity index (χ0n) is 10.1. The van der Waals surface area contributed by atoms with Crippen molar-refractivity contribution in [3.05, 3.63) is 0 Å². The van der Waals surface area contributed by atoms with E-state index in [1.165, 1.54) is 51.4 Å². The minimum Gasteiger partial charge on any atom is -0.381 e. The number of ether oxygens (including phenoxy) is 1. The fourth-order valence-electron chi connectivity index (χ4n) is 2.99. The van der Waals surface area contributed by atoms with Gasteiger partial charge in [0.25, 0.3) is 0 Å². The number of nitrogens with one attached hydrogen (secondary N) is 1. The van der Waals surface area contributed by atoms with E-state index in [0.717, 1.165) is 13.2 Å². The Balaban J connectivity index is 1.83. The molecule has 0 atom stereocenters. The summed E-state index contributed by atoms with van der Waals surface area (Å²) < 4.78 is 5.41. The molecule has 1 N–H and O–H groups in total. The van der Waals surface area contributed by atoms with Gasteiger partial charge in [-0.3, -0.25) is 0 Å². The van der Waals surface area contributed by atoms with Crippen LogP contribution in [0.1, 0.15) is 58.3 Å². The first kappa shape index (κ1) is 11.4. The first-order valence-electron chi connectivity index (χ1n) is 6.64.